The highest BCUT2D eigenvalue weighted by molar-refractivity contribution is 7.89. The SMILES string of the molecule is Cc1ccc(C(=O)N(C)c2ccccc2)cc1S(=O)(=O)N1CCCCCC1. The highest BCUT2D eigenvalue weighted by Gasteiger charge is 2.28. The van der Waals surface area contributed by atoms with E-state index in [0.717, 1.165) is 31.4 Å². The van der Waals surface area contributed by atoms with Gasteiger partial charge >= 0.3 is 0 Å². The molecule has 6 heteroatoms. The number of hydrogen-bond donors (Lipinski definition) is 0. The normalized spacial score (nSPS) is 15.9. The first-order chi connectivity index (χ1) is 12.9. The lowest BCUT2D eigenvalue weighted by Crippen LogP contribution is -2.33. The zero-order valence-corrected chi connectivity index (χ0v) is 16.7. The fourth-order valence-electron chi connectivity index (χ4n) is 3.39. The van der Waals surface area contributed by atoms with Crippen molar-refractivity contribution in [3.63, 3.8) is 0 Å². The summed E-state index contributed by atoms with van der Waals surface area (Å²) in [5.74, 6) is -0.228. The van der Waals surface area contributed by atoms with Gasteiger partial charge in [0.05, 0.1) is 4.90 Å². The summed E-state index contributed by atoms with van der Waals surface area (Å²) in [6.45, 7) is 2.87. The number of benzene rings is 2. The van der Waals surface area contributed by atoms with Gasteiger partial charge in [0.25, 0.3) is 5.91 Å². The van der Waals surface area contributed by atoms with Gasteiger partial charge in [-0.1, -0.05) is 37.1 Å². The molecule has 0 bridgehead atoms. The highest BCUT2D eigenvalue weighted by Crippen LogP contribution is 2.25. The van der Waals surface area contributed by atoms with E-state index >= 15 is 0 Å². The first kappa shape index (κ1) is 19.6. The summed E-state index contributed by atoms with van der Waals surface area (Å²) in [5.41, 5.74) is 1.80. The van der Waals surface area contributed by atoms with E-state index in [1.807, 2.05) is 30.3 Å². The van der Waals surface area contributed by atoms with E-state index in [1.165, 1.54) is 11.0 Å². The number of carbonyl (C=O) groups is 1. The van der Waals surface area contributed by atoms with Crippen molar-refractivity contribution in [2.24, 2.45) is 0 Å². The van der Waals surface area contributed by atoms with Crippen LogP contribution in [0.2, 0.25) is 0 Å². The zero-order chi connectivity index (χ0) is 19.4. The third-order valence-electron chi connectivity index (χ3n) is 5.07. The van der Waals surface area contributed by atoms with Crippen molar-refractivity contribution in [2.45, 2.75) is 37.5 Å². The van der Waals surface area contributed by atoms with Crippen molar-refractivity contribution in [1.29, 1.82) is 0 Å². The van der Waals surface area contributed by atoms with E-state index in [-0.39, 0.29) is 10.8 Å². The zero-order valence-electron chi connectivity index (χ0n) is 15.9. The molecule has 1 fully saturated rings. The summed E-state index contributed by atoms with van der Waals surface area (Å²) < 4.78 is 27.9. The number of para-hydroxylation sites is 1. The van der Waals surface area contributed by atoms with Gasteiger partial charge < -0.3 is 4.90 Å². The maximum Gasteiger partial charge on any atom is 0.258 e. The fraction of sp³-hybridized carbons (Fsp3) is 0.381. The van der Waals surface area contributed by atoms with E-state index in [9.17, 15) is 13.2 Å². The van der Waals surface area contributed by atoms with E-state index in [4.69, 9.17) is 0 Å². The van der Waals surface area contributed by atoms with Crippen molar-refractivity contribution in [1.82, 2.24) is 4.31 Å². The second kappa shape index (κ2) is 8.23. The summed E-state index contributed by atoms with van der Waals surface area (Å²) in [6.07, 6.45) is 3.89. The molecule has 0 aromatic heterocycles. The van der Waals surface area contributed by atoms with Crippen LogP contribution in [0.25, 0.3) is 0 Å². The van der Waals surface area contributed by atoms with Gasteiger partial charge in [-0.3, -0.25) is 4.79 Å². The van der Waals surface area contributed by atoms with E-state index in [0.29, 0.717) is 24.2 Å². The topological polar surface area (TPSA) is 57.7 Å². The van der Waals surface area contributed by atoms with Crippen molar-refractivity contribution < 1.29 is 13.2 Å². The molecule has 2 aromatic rings. The number of aryl methyl sites for hydroxylation is 1. The average Bonchev–Trinajstić information content (AvgIpc) is 2.98. The molecule has 27 heavy (non-hydrogen) atoms. The van der Waals surface area contributed by atoms with Gasteiger partial charge in [-0.15, -0.1) is 0 Å². The Balaban J connectivity index is 1.93. The Labute approximate surface area is 161 Å². The Morgan fingerprint density at radius 3 is 2.22 bits per heavy atom. The van der Waals surface area contributed by atoms with Gasteiger partial charge in [-0.05, 0) is 49.6 Å². The molecule has 0 radical (unpaired) electrons. The molecule has 3 rings (SSSR count). The Morgan fingerprint density at radius 1 is 0.963 bits per heavy atom. The van der Waals surface area contributed by atoms with Gasteiger partial charge in [0, 0.05) is 31.4 Å². The minimum Gasteiger partial charge on any atom is -0.311 e. The fourth-order valence-corrected chi connectivity index (χ4v) is 5.16. The lowest BCUT2D eigenvalue weighted by Gasteiger charge is -2.22. The Morgan fingerprint density at radius 2 is 1.59 bits per heavy atom. The lowest BCUT2D eigenvalue weighted by atomic mass is 10.1. The van der Waals surface area contributed by atoms with E-state index in [2.05, 4.69) is 0 Å². The maximum absolute atomic E-state index is 13.2. The highest BCUT2D eigenvalue weighted by atomic mass is 32.2. The standard InChI is InChI=1S/C21H26N2O3S/c1-17-12-13-18(21(24)22(2)19-10-6-5-7-11-19)16-20(17)27(25,26)23-14-8-3-4-9-15-23/h5-7,10-13,16H,3-4,8-9,14-15H2,1-2H3. The Kier molecular flexibility index (Phi) is 5.97. The van der Waals surface area contributed by atoms with Crippen LogP contribution in [-0.2, 0) is 10.0 Å². The molecule has 1 heterocycles. The quantitative estimate of drug-likeness (QED) is 0.802. The summed E-state index contributed by atoms with van der Waals surface area (Å²) in [4.78, 5) is 14.7. The monoisotopic (exact) mass is 386 g/mol. The average molecular weight is 387 g/mol. The smallest absolute Gasteiger partial charge is 0.258 e. The minimum atomic E-state index is -3.60. The minimum absolute atomic E-state index is 0.228. The molecule has 1 amide bonds. The molecule has 144 valence electrons. The summed E-state index contributed by atoms with van der Waals surface area (Å²) in [5, 5.41) is 0. The molecule has 0 spiro atoms. The molecule has 2 aromatic carbocycles. The summed E-state index contributed by atoms with van der Waals surface area (Å²) >= 11 is 0. The van der Waals surface area contributed by atoms with Gasteiger partial charge in [-0.25, -0.2) is 8.42 Å². The number of carbonyl (C=O) groups excluding carboxylic acids is 1. The maximum atomic E-state index is 13.2. The van der Waals surface area contributed by atoms with Gasteiger partial charge in [-0.2, -0.15) is 4.31 Å². The van der Waals surface area contributed by atoms with Crippen molar-refractivity contribution >= 4 is 21.6 Å². The molecule has 5 nitrogen and oxygen atoms in total. The van der Waals surface area contributed by atoms with Crippen molar-refractivity contribution in [2.75, 3.05) is 25.0 Å². The molecule has 1 aliphatic rings. The largest absolute Gasteiger partial charge is 0.311 e. The summed E-state index contributed by atoms with van der Waals surface area (Å²) in [6, 6.07) is 14.3. The van der Waals surface area contributed by atoms with Crippen LogP contribution < -0.4 is 4.90 Å². The van der Waals surface area contributed by atoms with Crippen LogP contribution in [0.5, 0.6) is 0 Å². The lowest BCUT2D eigenvalue weighted by molar-refractivity contribution is 0.0993. The van der Waals surface area contributed by atoms with Crippen molar-refractivity contribution in [3.05, 3.63) is 59.7 Å². The molecular weight excluding hydrogens is 360 g/mol. The predicted octanol–water partition coefficient (Wildman–Crippen LogP) is 3.84. The Bertz CT molecular complexity index is 902. The van der Waals surface area contributed by atoms with Crippen LogP contribution in [0.15, 0.2) is 53.4 Å². The van der Waals surface area contributed by atoms with Gasteiger partial charge in [0.1, 0.15) is 0 Å². The van der Waals surface area contributed by atoms with Crippen LogP contribution in [0.1, 0.15) is 41.6 Å². The third kappa shape index (κ3) is 4.22. The van der Waals surface area contributed by atoms with Crippen LogP contribution >= 0.6 is 0 Å². The number of hydrogen-bond acceptors (Lipinski definition) is 3. The van der Waals surface area contributed by atoms with Gasteiger partial charge in [0.15, 0.2) is 0 Å². The molecular formula is C21H26N2O3S. The second-order valence-electron chi connectivity index (χ2n) is 7.00. The second-order valence-corrected chi connectivity index (χ2v) is 8.90. The third-order valence-corrected chi connectivity index (χ3v) is 7.11. The number of rotatable bonds is 4. The molecule has 0 aliphatic carbocycles. The number of anilines is 1. The van der Waals surface area contributed by atoms with Crippen LogP contribution in [0, 0.1) is 6.92 Å². The predicted molar refractivity (Wildman–Crippen MR) is 108 cm³/mol. The van der Waals surface area contributed by atoms with E-state index < -0.39 is 10.0 Å². The molecule has 1 aliphatic heterocycles. The molecule has 0 unspecified atom stereocenters. The number of amides is 1. The first-order valence-electron chi connectivity index (χ1n) is 9.35. The molecule has 0 atom stereocenters. The molecule has 0 saturated carbocycles. The van der Waals surface area contributed by atoms with Crippen molar-refractivity contribution in [3.8, 4) is 0 Å². The first-order valence-corrected chi connectivity index (χ1v) is 10.8. The van der Waals surface area contributed by atoms with E-state index in [1.54, 1.807) is 30.4 Å². The van der Waals surface area contributed by atoms with Crippen LogP contribution in [0.4, 0.5) is 5.69 Å². The Hall–Kier alpha value is -2.18. The van der Waals surface area contributed by atoms with Crippen LogP contribution in [0.3, 0.4) is 0 Å². The summed E-state index contributed by atoms with van der Waals surface area (Å²) in [7, 11) is -1.90. The van der Waals surface area contributed by atoms with Gasteiger partial charge in [0.2, 0.25) is 10.0 Å². The number of nitrogens with zero attached hydrogens (tertiary/aromatic N) is 2. The molecule has 0 N–H and O–H groups in total. The number of sulfonamides is 1. The van der Waals surface area contributed by atoms with Crippen LogP contribution in [-0.4, -0.2) is 38.8 Å². The molecule has 1 saturated heterocycles.